The fourth-order valence-corrected chi connectivity index (χ4v) is 5.03. The minimum Gasteiger partial charge on any atom is -0.381 e. The lowest BCUT2D eigenvalue weighted by Crippen LogP contribution is -2.53. The summed E-state index contributed by atoms with van der Waals surface area (Å²) in [6.45, 7) is 0.970. The summed E-state index contributed by atoms with van der Waals surface area (Å²) >= 11 is 0. The number of halogens is 1. The molecule has 1 unspecified atom stereocenters. The summed E-state index contributed by atoms with van der Waals surface area (Å²) in [4.78, 5) is 0.0374. The Kier molecular flexibility index (Phi) is 3.80. The molecule has 1 aromatic rings. The summed E-state index contributed by atoms with van der Waals surface area (Å²) in [5.74, 6) is -0.525. The van der Waals surface area contributed by atoms with Gasteiger partial charge in [0.05, 0.1) is 11.0 Å². The average Bonchev–Trinajstić information content (AvgIpc) is 2.47. The molecule has 0 bridgehead atoms. The van der Waals surface area contributed by atoms with E-state index in [-0.39, 0.29) is 16.4 Å². The Labute approximate surface area is 125 Å². The van der Waals surface area contributed by atoms with Crippen molar-refractivity contribution < 1.29 is 17.5 Å². The molecule has 6 heteroatoms. The van der Waals surface area contributed by atoms with Crippen LogP contribution in [0.25, 0.3) is 0 Å². The maximum Gasteiger partial charge on any atom is 0.243 e. The van der Waals surface area contributed by atoms with E-state index in [1.165, 1.54) is 22.5 Å². The van der Waals surface area contributed by atoms with Crippen molar-refractivity contribution in [2.75, 3.05) is 20.2 Å². The Morgan fingerprint density at radius 3 is 2.52 bits per heavy atom. The molecule has 0 aromatic heterocycles. The first-order valence-electron chi connectivity index (χ1n) is 7.26. The van der Waals surface area contributed by atoms with Crippen molar-refractivity contribution in [3.05, 3.63) is 30.1 Å². The van der Waals surface area contributed by atoms with Crippen LogP contribution in [0.5, 0.6) is 0 Å². The minimum atomic E-state index is -3.59. The Morgan fingerprint density at radius 2 is 2.00 bits per heavy atom. The lowest BCUT2D eigenvalue weighted by molar-refractivity contribution is -0.113. The predicted molar refractivity (Wildman–Crippen MR) is 76.9 cm³/mol. The standard InChI is InChI=1S/C15H20FNO3S/c1-20-14-5-6-15(14)7-9-17(10-8-15)21(18,19)13-4-2-3-12(16)11-13/h2-4,11,14H,5-10H2,1H3. The van der Waals surface area contributed by atoms with Gasteiger partial charge >= 0.3 is 0 Å². The third-order valence-electron chi connectivity index (χ3n) is 5.02. The van der Waals surface area contributed by atoms with Crippen LogP contribution in [-0.4, -0.2) is 39.0 Å². The maximum absolute atomic E-state index is 13.2. The topological polar surface area (TPSA) is 46.6 Å². The Hall–Kier alpha value is -0.980. The molecule has 116 valence electrons. The molecule has 0 amide bonds. The molecular formula is C15H20FNO3S. The lowest BCUT2D eigenvalue weighted by atomic mass is 9.61. The van der Waals surface area contributed by atoms with E-state index in [9.17, 15) is 12.8 Å². The first kappa shape index (κ1) is 14.9. The quantitative estimate of drug-likeness (QED) is 0.861. The molecule has 2 fully saturated rings. The van der Waals surface area contributed by atoms with Crippen LogP contribution in [0.3, 0.4) is 0 Å². The van der Waals surface area contributed by atoms with Gasteiger partial charge in [-0.3, -0.25) is 0 Å². The van der Waals surface area contributed by atoms with Crippen molar-refractivity contribution in [3.63, 3.8) is 0 Å². The van der Waals surface area contributed by atoms with E-state index in [0.29, 0.717) is 13.1 Å². The van der Waals surface area contributed by atoms with Crippen LogP contribution in [0.15, 0.2) is 29.2 Å². The molecule has 1 aromatic carbocycles. The Morgan fingerprint density at radius 1 is 1.29 bits per heavy atom. The van der Waals surface area contributed by atoms with Gasteiger partial charge in [-0.25, -0.2) is 12.8 Å². The van der Waals surface area contributed by atoms with Crippen LogP contribution in [0.1, 0.15) is 25.7 Å². The van der Waals surface area contributed by atoms with Crippen LogP contribution in [-0.2, 0) is 14.8 Å². The second-order valence-corrected chi connectivity index (χ2v) is 7.92. The first-order valence-corrected chi connectivity index (χ1v) is 8.70. The normalized spacial score (nSPS) is 25.7. The number of hydrogen-bond acceptors (Lipinski definition) is 3. The van der Waals surface area contributed by atoms with Crippen LogP contribution in [0, 0.1) is 11.2 Å². The molecule has 0 radical (unpaired) electrons. The number of methoxy groups -OCH3 is 1. The van der Waals surface area contributed by atoms with Gasteiger partial charge in [-0.2, -0.15) is 4.31 Å². The fourth-order valence-electron chi connectivity index (χ4n) is 3.56. The molecule has 1 aliphatic carbocycles. The Balaban J connectivity index is 1.74. The molecule has 3 rings (SSSR count). The maximum atomic E-state index is 13.2. The van der Waals surface area contributed by atoms with Gasteiger partial charge in [0, 0.05) is 20.2 Å². The monoisotopic (exact) mass is 313 g/mol. The highest BCUT2D eigenvalue weighted by Crippen LogP contribution is 2.50. The fraction of sp³-hybridized carbons (Fsp3) is 0.600. The summed E-state index contributed by atoms with van der Waals surface area (Å²) in [6, 6.07) is 5.22. The smallest absolute Gasteiger partial charge is 0.243 e. The summed E-state index contributed by atoms with van der Waals surface area (Å²) < 4.78 is 45.3. The van der Waals surface area contributed by atoms with E-state index >= 15 is 0 Å². The number of sulfonamides is 1. The van der Waals surface area contributed by atoms with E-state index < -0.39 is 15.8 Å². The first-order chi connectivity index (χ1) is 9.98. The van der Waals surface area contributed by atoms with Crippen molar-refractivity contribution in [1.82, 2.24) is 4.31 Å². The molecule has 0 N–H and O–H groups in total. The van der Waals surface area contributed by atoms with Crippen LogP contribution in [0.4, 0.5) is 4.39 Å². The highest BCUT2D eigenvalue weighted by atomic mass is 32.2. The van der Waals surface area contributed by atoms with Crippen molar-refractivity contribution in [3.8, 4) is 0 Å². The zero-order valence-corrected chi connectivity index (χ0v) is 12.9. The van der Waals surface area contributed by atoms with Crippen LogP contribution < -0.4 is 0 Å². The largest absolute Gasteiger partial charge is 0.381 e. The number of piperidine rings is 1. The third-order valence-corrected chi connectivity index (χ3v) is 6.92. The lowest BCUT2D eigenvalue weighted by Gasteiger charge is -2.52. The summed E-state index contributed by atoms with van der Waals surface area (Å²) in [5.41, 5.74) is 0.155. The summed E-state index contributed by atoms with van der Waals surface area (Å²) in [7, 11) is -1.87. The van der Waals surface area contributed by atoms with E-state index in [1.807, 2.05) is 0 Å². The molecule has 1 aliphatic heterocycles. The zero-order valence-electron chi connectivity index (χ0n) is 12.1. The molecule has 1 saturated carbocycles. The van der Waals surface area contributed by atoms with Gasteiger partial charge in [-0.1, -0.05) is 6.07 Å². The van der Waals surface area contributed by atoms with Gasteiger partial charge in [-0.15, -0.1) is 0 Å². The van der Waals surface area contributed by atoms with E-state index in [1.54, 1.807) is 7.11 Å². The van der Waals surface area contributed by atoms with Gasteiger partial charge in [0.25, 0.3) is 0 Å². The number of ether oxygens (including phenoxy) is 1. The van der Waals surface area contributed by atoms with E-state index in [0.717, 1.165) is 31.7 Å². The van der Waals surface area contributed by atoms with E-state index in [4.69, 9.17) is 4.74 Å². The van der Waals surface area contributed by atoms with Crippen molar-refractivity contribution >= 4 is 10.0 Å². The van der Waals surface area contributed by atoms with Gasteiger partial charge in [0.2, 0.25) is 10.0 Å². The molecule has 21 heavy (non-hydrogen) atoms. The van der Waals surface area contributed by atoms with Gasteiger partial charge in [0.15, 0.2) is 0 Å². The molecular weight excluding hydrogens is 293 g/mol. The summed E-state index contributed by atoms with van der Waals surface area (Å²) in [6.07, 6.45) is 4.07. The number of hydrogen-bond donors (Lipinski definition) is 0. The molecule has 2 aliphatic rings. The number of rotatable bonds is 3. The number of nitrogens with zero attached hydrogens (tertiary/aromatic N) is 1. The second-order valence-electron chi connectivity index (χ2n) is 5.99. The third kappa shape index (κ3) is 2.49. The number of benzene rings is 1. The summed E-state index contributed by atoms with van der Waals surface area (Å²) in [5, 5.41) is 0. The van der Waals surface area contributed by atoms with Gasteiger partial charge in [-0.05, 0) is 49.3 Å². The van der Waals surface area contributed by atoms with Crippen molar-refractivity contribution in [1.29, 1.82) is 0 Å². The van der Waals surface area contributed by atoms with Gasteiger partial charge < -0.3 is 4.74 Å². The molecule has 1 saturated heterocycles. The van der Waals surface area contributed by atoms with Crippen molar-refractivity contribution in [2.45, 2.75) is 36.7 Å². The Bertz CT molecular complexity index is 622. The minimum absolute atomic E-state index is 0.0374. The van der Waals surface area contributed by atoms with E-state index in [2.05, 4.69) is 0 Å². The second kappa shape index (κ2) is 5.34. The predicted octanol–water partition coefficient (Wildman–Crippen LogP) is 2.41. The van der Waals surface area contributed by atoms with Gasteiger partial charge in [0.1, 0.15) is 5.82 Å². The SMILES string of the molecule is COC1CCC12CCN(S(=O)(=O)c1cccc(F)c1)CC2. The zero-order chi connectivity index (χ0) is 15.1. The highest BCUT2D eigenvalue weighted by Gasteiger charge is 2.49. The van der Waals surface area contributed by atoms with Crippen LogP contribution >= 0.6 is 0 Å². The molecule has 4 nitrogen and oxygen atoms in total. The highest BCUT2D eigenvalue weighted by molar-refractivity contribution is 7.89. The van der Waals surface area contributed by atoms with Crippen LogP contribution in [0.2, 0.25) is 0 Å². The molecule has 1 atom stereocenters. The average molecular weight is 313 g/mol. The molecule has 1 heterocycles. The molecule has 1 spiro atoms. The van der Waals surface area contributed by atoms with Crippen molar-refractivity contribution in [2.24, 2.45) is 5.41 Å².